The molecule has 2 aromatic heterocycles. The molecule has 0 amide bonds. The van der Waals surface area contributed by atoms with Crippen molar-refractivity contribution in [1.82, 2.24) is 9.97 Å². The minimum Gasteiger partial charge on any atom is -0.296 e. The van der Waals surface area contributed by atoms with Crippen LogP contribution in [0.2, 0.25) is 5.02 Å². The number of aldehydes is 1. The van der Waals surface area contributed by atoms with Crippen LogP contribution in [0.4, 0.5) is 0 Å². The molecule has 4 heteroatoms. The molecule has 0 aromatic carbocycles. The smallest absolute Gasteiger partial charge is 0.168 e. The Morgan fingerprint density at radius 1 is 1.27 bits per heavy atom. The zero-order chi connectivity index (χ0) is 10.7. The molecule has 2 heterocycles. The first kappa shape index (κ1) is 9.80. The van der Waals surface area contributed by atoms with E-state index in [9.17, 15) is 4.79 Å². The number of rotatable bonds is 2. The molecular weight excluding hydrogens is 212 g/mol. The van der Waals surface area contributed by atoms with Gasteiger partial charge >= 0.3 is 0 Å². The van der Waals surface area contributed by atoms with E-state index in [2.05, 4.69) is 9.97 Å². The number of hydrogen-bond acceptors (Lipinski definition) is 3. The molecule has 0 fully saturated rings. The van der Waals surface area contributed by atoms with Gasteiger partial charge in [0.25, 0.3) is 0 Å². The van der Waals surface area contributed by atoms with E-state index in [4.69, 9.17) is 11.6 Å². The van der Waals surface area contributed by atoms with Gasteiger partial charge in [0.1, 0.15) is 5.69 Å². The van der Waals surface area contributed by atoms with E-state index in [0.29, 0.717) is 22.7 Å². The van der Waals surface area contributed by atoms with Crippen LogP contribution in [-0.4, -0.2) is 16.3 Å². The maximum atomic E-state index is 10.6. The maximum Gasteiger partial charge on any atom is 0.168 e. The molecule has 0 bridgehead atoms. The fourth-order valence-corrected chi connectivity index (χ4v) is 1.44. The molecule has 15 heavy (non-hydrogen) atoms. The molecular formula is C11H7ClN2O. The fraction of sp³-hybridized carbons (Fsp3) is 0. The number of hydrogen-bond donors (Lipinski definition) is 0. The summed E-state index contributed by atoms with van der Waals surface area (Å²) < 4.78 is 0. The molecule has 0 aliphatic rings. The maximum absolute atomic E-state index is 10.6. The van der Waals surface area contributed by atoms with Crippen molar-refractivity contribution in [2.75, 3.05) is 0 Å². The quantitative estimate of drug-likeness (QED) is 0.728. The van der Waals surface area contributed by atoms with Gasteiger partial charge in [-0.2, -0.15) is 0 Å². The molecule has 0 spiro atoms. The molecule has 0 aliphatic carbocycles. The van der Waals surface area contributed by atoms with Gasteiger partial charge in [-0.1, -0.05) is 11.6 Å². The van der Waals surface area contributed by atoms with E-state index in [-0.39, 0.29) is 0 Å². The summed E-state index contributed by atoms with van der Waals surface area (Å²) in [6.45, 7) is 0. The third-order valence-corrected chi connectivity index (χ3v) is 2.23. The highest BCUT2D eigenvalue weighted by Gasteiger charge is 2.05. The van der Waals surface area contributed by atoms with Crippen LogP contribution >= 0.6 is 11.6 Å². The van der Waals surface area contributed by atoms with Crippen molar-refractivity contribution < 1.29 is 4.79 Å². The Morgan fingerprint density at radius 3 is 2.80 bits per heavy atom. The molecule has 0 saturated carbocycles. The Kier molecular flexibility index (Phi) is 2.74. The molecule has 0 aliphatic heterocycles. The van der Waals surface area contributed by atoms with Gasteiger partial charge < -0.3 is 0 Å². The Bertz CT molecular complexity index is 485. The van der Waals surface area contributed by atoms with Crippen molar-refractivity contribution in [1.29, 1.82) is 0 Å². The van der Waals surface area contributed by atoms with Gasteiger partial charge in [-0.05, 0) is 24.3 Å². The summed E-state index contributed by atoms with van der Waals surface area (Å²) in [5, 5.41) is 0.508. The lowest BCUT2D eigenvalue weighted by Gasteiger charge is -2.02. The lowest BCUT2D eigenvalue weighted by Crippen LogP contribution is -1.91. The third-order valence-electron chi connectivity index (χ3n) is 1.92. The van der Waals surface area contributed by atoms with Crippen LogP contribution in [0, 0.1) is 0 Å². The van der Waals surface area contributed by atoms with Gasteiger partial charge in [-0.15, -0.1) is 0 Å². The number of aromatic nitrogens is 2. The molecule has 0 saturated heterocycles. The van der Waals surface area contributed by atoms with Crippen molar-refractivity contribution in [2.24, 2.45) is 0 Å². The van der Waals surface area contributed by atoms with Crippen LogP contribution in [0.3, 0.4) is 0 Å². The van der Waals surface area contributed by atoms with Gasteiger partial charge in [-0.3, -0.25) is 9.78 Å². The van der Waals surface area contributed by atoms with Crippen LogP contribution in [0.15, 0.2) is 36.7 Å². The molecule has 0 atom stereocenters. The molecule has 0 unspecified atom stereocenters. The van der Waals surface area contributed by atoms with E-state index in [1.807, 2.05) is 6.07 Å². The van der Waals surface area contributed by atoms with Crippen LogP contribution in [0.1, 0.15) is 10.5 Å². The van der Waals surface area contributed by atoms with Crippen LogP contribution in [0.25, 0.3) is 11.3 Å². The normalized spacial score (nSPS) is 9.93. The number of nitrogens with zero attached hydrogens (tertiary/aromatic N) is 2. The summed E-state index contributed by atoms with van der Waals surface area (Å²) in [6.07, 6.45) is 4.01. The molecule has 2 aromatic rings. The van der Waals surface area contributed by atoms with Crippen LogP contribution in [-0.2, 0) is 0 Å². The van der Waals surface area contributed by atoms with Crippen molar-refractivity contribution in [3.05, 3.63) is 47.4 Å². The number of pyridine rings is 2. The minimum absolute atomic E-state index is 0.359. The van der Waals surface area contributed by atoms with Crippen LogP contribution in [0.5, 0.6) is 0 Å². The first-order valence-corrected chi connectivity index (χ1v) is 4.71. The van der Waals surface area contributed by atoms with Gasteiger partial charge in [-0.25, -0.2) is 4.98 Å². The fourth-order valence-electron chi connectivity index (χ4n) is 1.23. The Balaban J connectivity index is 2.57. The van der Waals surface area contributed by atoms with E-state index in [0.717, 1.165) is 5.56 Å². The number of carbonyl (C=O) groups excluding carboxylic acids is 1. The molecule has 74 valence electrons. The lowest BCUT2D eigenvalue weighted by atomic mass is 10.2. The third kappa shape index (κ3) is 2.02. The first-order chi connectivity index (χ1) is 7.31. The topological polar surface area (TPSA) is 42.9 Å². The monoisotopic (exact) mass is 218 g/mol. The van der Waals surface area contributed by atoms with E-state index in [1.54, 1.807) is 30.6 Å². The number of carbonyl (C=O) groups is 1. The molecule has 3 nitrogen and oxygen atoms in total. The Morgan fingerprint density at radius 2 is 2.13 bits per heavy atom. The minimum atomic E-state index is 0.359. The van der Waals surface area contributed by atoms with Crippen LogP contribution < -0.4 is 0 Å². The Labute approximate surface area is 91.8 Å². The zero-order valence-corrected chi connectivity index (χ0v) is 8.48. The molecule has 0 radical (unpaired) electrons. The lowest BCUT2D eigenvalue weighted by molar-refractivity contribution is 0.111. The predicted molar refractivity (Wildman–Crippen MR) is 57.9 cm³/mol. The highest BCUT2D eigenvalue weighted by Crippen LogP contribution is 2.24. The zero-order valence-electron chi connectivity index (χ0n) is 7.72. The van der Waals surface area contributed by atoms with Crippen molar-refractivity contribution in [3.63, 3.8) is 0 Å². The summed E-state index contributed by atoms with van der Waals surface area (Å²) >= 11 is 5.98. The SMILES string of the molecule is O=Cc1ccc(Cl)c(-c2cccnc2)n1. The van der Waals surface area contributed by atoms with Gasteiger partial charge in [0.05, 0.1) is 10.7 Å². The summed E-state index contributed by atoms with van der Waals surface area (Å²) in [5.41, 5.74) is 1.74. The van der Waals surface area contributed by atoms with Crippen molar-refractivity contribution >= 4 is 17.9 Å². The van der Waals surface area contributed by atoms with Gasteiger partial charge in [0.2, 0.25) is 0 Å². The first-order valence-electron chi connectivity index (χ1n) is 4.33. The van der Waals surface area contributed by atoms with Crippen molar-refractivity contribution in [2.45, 2.75) is 0 Å². The molecule has 0 N–H and O–H groups in total. The van der Waals surface area contributed by atoms with E-state index in [1.165, 1.54) is 0 Å². The standard InChI is InChI=1S/C11H7ClN2O/c12-10-4-3-9(7-15)14-11(10)8-2-1-5-13-6-8/h1-7H. The average Bonchev–Trinajstić information content (AvgIpc) is 2.31. The number of halogens is 1. The second kappa shape index (κ2) is 4.19. The average molecular weight is 219 g/mol. The molecule has 2 rings (SSSR count). The summed E-state index contributed by atoms with van der Waals surface area (Å²) in [5.74, 6) is 0. The summed E-state index contributed by atoms with van der Waals surface area (Å²) in [6, 6.07) is 6.87. The summed E-state index contributed by atoms with van der Waals surface area (Å²) in [4.78, 5) is 18.7. The second-order valence-corrected chi connectivity index (χ2v) is 3.33. The van der Waals surface area contributed by atoms with Gasteiger partial charge in [0, 0.05) is 18.0 Å². The predicted octanol–water partition coefficient (Wildman–Crippen LogP) is 2.61. The van der Waals surface area contributed by atoms with E-state index >= 15 is 0 Å². The highest BCUT2D eigenvalue weighted by molar-refractivity contribution is 6.33. The Hall–Kier alpha value is -1.74. The van der Waals surface area contributed by atoms with Crippen molar-refractivity contribution in [3.8, 4) is 11.3 Å². The second-order valence-electron chi connectivity index (χ2n) is 2.93. The summed E-state index contributed by atoms with van der Waals surface area (Å²) in [7, 11) is 0. The largest absolute Gasteiger partial charge is 0.296 e. The van der Waals surface area contributed by atoms with E-state index < -0.39 is 0 Å². The highest BCUT2D eigenvalue weighted by atomic mass is 35.5. The van der Waals surface area contributed by atoms with Gasteiger partial charge in [0.15, 0.2) is 6.29 Å².